The van der Waals surface area contributed by atoms with Gasteiger partial charge in [0.05, 0.1) is 10.6 Å². The summed E-state index contributed by atoms with van der Waals surface area (Å²) in [5.74, 6) is 4.71. The fourth-order valence-corrected chi connectivity index (χ4v) is 10.1. The molecule has 0 amide bonds. The number of ether oxygens (including phenoxy) is 1. The van der Waals surface area contributed by atoms with Crippen molar-refractivity contribution in [1.82, 2.24) is 0 Å². The van der Waals surface area contributed by atoms with E-state index in [2.05, 4.69) is 40.7 Å². The number of carbonyl (C=O) groups is 1. The summed E-state index contributed by atoms with van der Waals surface area (Å²) in [6.07, 6.45) is 16.4. The third-order valence-corrected chi connectivity index (χ3v) is 12.2. The highest BCUT2D eigenvalue weighted by molar-refractivity contribution is 6.36. The second-order valence-electron chi connectivity index (χ2n) is 14.2. The van der Waals surface area contributed by atoms with Crippen LogP contribution in [0.4, 0.5) is 0 Å². The van der Waals surface area contributed by atoms with Crippen LogP contribution in [0.3, 0.4) is 0 Å². The Labute approximate surface area is 241 Å². The highest BCUT2D eigenvalue weighted by Crippen LogP contribution is 2.67. The molecule has 0 saturated heterocycles. The molecule has 3 fully saturated rings. The number of allylic oxidation sites excluding steroid dienone is 1. The molecule has 0 spiro atoms. The van der Waals surface area contributed by atoms with Gasteiger partial charge in [0.2, 0.25) is 0 Å². The molecular formula is C34H48Cl2O2. The Hall–Kier alpha value is -0.990. The predicted octanol–water partition coefficient (Wildman–Crippen LogP) is 10.6. The molecule has 8 atom stereocenters. The van der Waals surface area contributed by atoms with Crippen LogP contribution < -0.4 is 0 Å². The summed E-state index contributed by atoms with van der Waals surface area (Å²) in [6.45, 7) is 12.5. The lowest BCUT2D eigenvalue weighted by atomic mass is 9.47. The second-order valence-corrected chi connectivity index (χ2v) is 15.0. The first-order valence-electron chi connectivity index (χ1n) is 15.4. The smallest absolute Gasteiger partial charge is 0.339 e. The molecule has 0 aliphatic heterocycles. The van der Waals surface area contributed by atoms with Crippen LogP contribution in [0.15, 0.2) is 29.8 Å². The first kappa shape index (κ1) is 28.5. The Bertz CT molecular complexity index is 1060. The van der Waals surface area contributed by atoms with Crippen molar-refractivity contribution < 1.29 is 9.53 Å². The summed E-state index contributed by atoms with van der Waals surface area (Å²) in [7, 11) is 0. The zero-order chi connectivity index (χ0) is 27.2. The molecule has 1 aromatic rings. The van der Waals surface area contributed by atoms with Crippen molar-refractivity contribution in [2.24, 2.45) is 46.3 Å². The lowest BCUT2D eigenvalue weighted by Crippen LogP contribution is -2.51. The first-order valence-corrected chi connectivity index (χ1v) is 16.1. The largest absolute Gasteiger partial charge is 0.458 e. The molecule has 4 aliphatic carbocycles. The summed E-state index contributed by atoms with van der Waals surface area (Å²) >= 11 is 12.3. The molecule has 4 heteroatoms. The number of hydrogen-bond donors (Lipinski definition) is 0. The maximum Gasteiger partial charge on any atom is 0.339 e. The van der Waals surface area contributed by atoms with Crippen molar-refractivity contribution in [2.45, 2.75) is 111 Å². The monoisotopic (exact) mass is 558 g/mol. The minimum atomic E-state index is -0.331. The fraction of sp³-hybridized carbons (Fsp3) is 0.735. The summed E-state index contributed by atoms with van der Waals surface area (Å²) in [5.41, 5.74) is 2.73. The van der Waals surface area contributed by atoms with E-state index in [1.54, 1.807) is 23.8 Å². The molecule has 210 valence electrons. The summed E-state index contributed by atoms with van der Waals surface area (Å²) in [5, 5.41) is 0.886. The van der Waals surface area contributed by atoms with Crippen molar-refractivity contribution in [1.29, 1.82) is 0 Å². The number of benzene rings is 1. The summed E-state index contributed by atoms with van der Waals surface area (Å²) in [4.78, 5) is 12.9. The van der Waals surface area contributed by atoms with Crippen molar-refractivity contribution in [3.8, 4) is 0 Å². The van der Waals surface area contributed by atoms with Crippen LogP contribution >= 0.6 is 23.2 Å². The average molecular weight is 560 g/mol. The molecule has 0 aromatic heterocycles. The Morgan fingerprint density at radius 3 is 2.55 bits per heavy atom. The van der Waals surface area contributed by atoms with Crippen molar-refractivity contribution in [3.63, 3.8) is 0 Å². The van der Waals surface area contributed by atoms with Crippen LogP contribution in [-0.4, -0.2) is 12.1 Å². The fourth-order valence-electron chi connectivity index (χ4n) is 9.62. The third kappa shape index (κ3) is 5.23. The molecule has 4 aliphatic rings. The van der Waals surface area contributed by atoms with Gasteiger partial charge >= 0.3 is 5.97 Å². The Morgan fingerprint density at radius 1 is 1.03 bits per heavy atom. The topological polar surface area (TPSA) is 26.3 Å². The Morgan fingerprint density at radius 2 is 1.82 bits per heavy atom. The van der Waals surface area contributed by atoms with Gasteiger partial charge in [-0.2, -0.15) is 0 Å². The average Bonchev–Trinajstić information content (AvgIpc) is 3.21. The number of hydrogen-bond acceptors (Lipinski definition) is 2. The lowest BCUT2D eigenvalue weighted by Gasteiger charge is -2.58. The molecule has 2 nitrogen and oxygen atoms in total. The summed E-state index contributed by atoms with van der Waals surface area (Å²) < 4.78 is 5.99. The van der Waals surface area contributed by atoms with Crippen molar-refractivity contribution in [3.05, 3.63) is 45.5 Å². The van der Waals surface area contributed by atoms with Gasteiger partial charge in [-0.05, 0) is 109 Å². The molecule has 38 heavy (non-hydrogen) atoms. The minimum absolute atomic E-state index is 0.0680. The molecule has 5 rings (SSSR count). The van der Waals surface area contributed by atoms with Crippen LogP contribution in [0.25, 0.3) is 0 Å². The maximum atomic E-state index is 12.9. The lowest BCUT2D eigenvalue weighted by molar-refractivity contribution is -0.0594. The molecule has 0 heterocycles. The molecular weight excluding hydrogens is 511 g/mol. The van der Waals surface area contributed by atoms with E-state index in [1.807, 2.05) is 0 Å². The number of esters is 1. The van der Waals surface area contributed by atoms with Gasteiger partial charge in [0.25, 0.3) is 0 Å². The second kappa shape index (κ2) is 11.1. The third-order valence-electron chi connectivity index (χ3n) is 11.7. The maximum absolute atomic E-state index is 12.9. The van der Waals surface area contributed by atoms with Gasteiger partial charge in [-0.1, -0.05) is 88.7 Å². The van der Waals surface area contributed by atoms with Crippen LogP contribution in [0, 0.1) is 46.3 Å². The van der Waals surface area contributed by atoms with Gasteiger partial charge in [0.1, 0.15) is 6.10 Å². The van der Waals surface area contributed by atoms with Crippen molar-refractivity contribution in [2.75, 3.05) is 0 Å². The van der Waals surface area contributed by atoms with E-state index in [4.69, 9.17) is 27.9 Å². The van der Waals surface area contributed by atoms with Gasteiger partial charge in [-0.15, -0.1) is 0 Å². The standard InChI is InChI=1S/C34H48Cl2O2/c1-21(2)7-6-8-22(3)28-13-14-29-26-11-9-23-19-25(38-32(37)27-12-10-24(35)20-31(27)36)15-17-33(23,4)30(26)16-18-34(28,29)5/h9-10,12,20-22,25-26,28-30H,6-8,11,13-19H2,1-5H3/t22-,25+,26-,28-,29+,30+,33+,34-/m1/s1. The molecule has 0 N–H and O–H groups in total. The van der Waals surface area contributed by atoms with Crippen LogP contribution in [0.5, 0.6) is 0 Å². The van der Waals surface area contributed by atoms with E-state index in [1.165, 1.54) is 51.4 Å². The zero-order valence-electron chi connectivity index (χ0n) is 24.2. The van der Waals surface area contributed by atoms with E-state index >= 15 is 0 Å². The molecule has 0 radical (unpaired) electrons. The number of rotatable bonds is 7. The highest BCUT2D eigenvalue weighted by Gasteiger charge is 2.59. The van der Waals surface area contributed by atoms with Crippen molar-refractivity contribution >= 4 is 29.2 Å². The number of fused-ring (bicyclic) bond motifs is 5. The van der Waals surface area contributed by atoms with Gasteiger partial charge < -0.3 is 4.74 Å². The van der Waals surface area contributed by atoms with E-state index in [-0.39, 0.29) is 17.5 Å². The zero-order valence-corrected chi connectivity index (χ0v) is 25.7. The Balaban J connectivity index is 1.25. The first-order chi connectivity index (χ1) is 18.0. The van der Waals surface area contributed by atoms with Gasteiger partial charge in [0.15, 0.2) is 0 Å². The quantitative estimate of drug-likeness (QED) is 0.245. The minimum Gasteiger partial charge on any atom is -0.458 e. The van der Waals surface area contributed by atoms with Gasteiger partial charge in [-0.25, -0.2) is 4.79 Å². The normalized spacial score (nSPS) is 37.2. The van der Waals surface area contributed by atoms with E-state index in [0.717, 1.165) is 54.8 Å². The predicted molar refractivity (Wildman–Crippen MR) is 159 cm³/mol. The number of halogens is 2. The Kier molecular flexibility index (Phi) is 8.35. The van der Waals surface area contributed by atoms with Crippen LogP contribution in [0.1, 0.15) is 116 Å². The van der Waals surface area contributed by atoms with Gasteiger partial charge in [0, 0.05) is 11.4 Å². The molecule has 0 bridgehead atoms. The molecule has 0 unspecified atom stereocenters. The SMILES string of the molecule is CC(C)CCC[C@@H](C)[C@H]1CC[C@H]2[C@H]3CC=C4C[C@@H](OC(=O)c5ccc(Cl)cc5Cl)CC[C@]4(C)[C@H]3CC[C@]12C. The van der Waals surface area contributed by atoms with E-state index < -0.39 is 0 Å². The van der Waals surface area contributed by atoms with Crippen LogP contribution in [0.2, 0.25) is 10.0 Å². The van der Waals surface area contributed by atoms with E-state index in [9.17, 15) is 4.79 Å². The highest BCUT2D eigenvalue weighted by atomic mass is 35.5. The number of carbonyl (C=O) groups excluding carboxylic acids is 1. The molecule has 3 saturated carbocycles. The van der Waals surface area contributed by atoms with Gasteiger partial charge in [-0.3, -0.25) is 0 Å². The van der Waals surface area contributed by atoms with E-state index in [0.29, 0.717) is 21.0 Å². The molecule has 1 aromatic carbocycles. The summed E-state index contributed by atoms with van der Waals surface area (Å²) in [6, 6.07) is 4.98. The van der Waals surface area contributed by atoms with Crippen LogP contribution in [-0.2, 0) is 4.74 Å².